The SMILES string of the molecule is Cl.N[C@@H](CCCCNC(=O)c1cnc2ccccc2n1)C(=O)N1CCSC1. The number of unbranched alkanes of at least 4 members (excludes halogenated alkanes) is 1. The maximum atomic E-state index is 12.2. The van der Waals surface area contributed by atoms with Gasteiger partial charge in [0.2, 0.25) is 5.91 Å². The second-order valence-electron chi connectivity index (χ2n) is 6.24. The van der Waals surface area contributed by atoms with Crippen molar-refractivity contribution in [2.24, 2.45) is 5.73 Å². The van der Waals surface area contributed by atoms with Gasteiger partial charge in [-0.05, 0) is 31.4 Å². The van der Waals surface area contributed by atoms with Crippen LogP contribution in [-0.2, 0) is 4.79 Å². The number of carbonyl (C=O) groups is 2. The molecule has 3 N–H and O–H groups in total. The third-order valence-electron chi connectivity index (χ3n) is 4.29. The third-order valence-corrected chi connectivity index (χ3v) is 5.26. The monoisotopic (exact) mass is 409 g/mol. The lowest BCUT2D eigenvalue weighted by Gasteiger charge is -2.19. The summed E-state index contributed by atoms with van der Waals surface area (Å²) in [5, 5.41) is 2.84. The predicted molar refractivity (Wildman–Crippen MR) is 110 cm³/mol. The molecule has 0 spiro atoms. The molecule has 1 atom stereocenters. The molecule has 2 heterocycles. The fraction of sp³-hybridized carbons (Fsp3) is 0.444. The number of halogens is 1. The van der Waals surface area contributed by atoms with Crippen LogP contribution in [0.4, 0.5) is 0 Å². The Hall–Kier alpha value is -1.90. The number of para-hydroxylation sites is 2. The number of carbonyl (C=O) groups excluding carboxylic acids is 2. The highest BCUT2D eigenvalue weighted by atomic mass is 35.5. The van der Waals surface area contributed by atoms with Crippen LogP contribution in [0.5, 0.6) is 0 Å². The van der Waals surface area contributed by atoms with Crippen LogP contribution in [0.3, 0.4) is 0 Å². The number of nitrogens with zero attached hydrogens (tertiary/aromatic N) is 3. The molecule has 0 bridgehead atoms. The standard InChI is InChI=1S/C18H23N5O2S.ClH/c19-13(18(25)23-9-10-26-12-23)5-3-4-8-20-17(24)16-11-21-14-6-1-2-7-15(14)22-16;/h1-2,6-7,11,13H,3-5,8-10,12,19H2,(H,20,24);1H/t13-;/m0./s1. The molecule has 146 valence electrons. The zero-order valence-corrected chi connectivity index (χ0v) is 16.6. The molecular formula is C18H24ClN5O2S. The summed E-state index contributed by atoms with van der Waals surface area (Å²) in [4.78, 5) is 34.7. The molecule has 1 aromatic heterocycles. The van der Waals surface area contributed by atoms with Crippen LogP contribution in [-0.4, -0.2) is 57.4 Å². The van der Waals surface area contributed by atoms with E-state index < -0.39 is 6.04 Å². The van der Waals surface area contributed by atoms with Crippen LogP contribution in [0, 0.1) is 0 Å². The molecule has 3 rings (SSSR count). The Morgan fingerprint density at radius 3 is 2.78 bits per heavy atom. The van der Waals surface area contributed by atoms with Crippen LogP contribution in [0.2, 0.25) is 0 Å². The smallest absolute Gasteiger partial charge is 0.271 e. The highest BCUT2D eigenvalue weighted by Crippen LogP contribution is 2.15. The number of aromatic nitrogens is 2. The van der Waals surface area contributed by atoms with Crippen molar-refractivity contribution >= 4 is 47.0 Å². The number of thioether (sulfide) groups is 1. The molecule has 0 unspecified atom stereocenters. The summed E-state index contributed by atoms with van der Waals surface area (Å²) in [7, 11) is 0. The van der Waals surface area contributed by atoms with Crippen LogP contribution in [0.25, 0.3) is 11.0 Å². The van der Waals surface area contributed by atoms with Gasteiger partial charge < -0.3 is 16.0 Å². The summed E-state index contributed by atoms with van der Waals surface area (Å²) in [6, 6.07) is 6.99. The number of amides is 2. The lowest BCUT2D eigenvalue weighted by atomic mass is 10.1. The molecule has 2 amide bonds. The fourth-order valence-corrected chi connectivity index (χ4v) is 3.75. The van der Waals surface area contributed by atoms with Gasteiger partial charge in [0.15, 0.2) is 0 Å². The van der Waals surface area contributed by atoms with E-state index >= 15 is 0 Å². The molecule has 0 saturated carbocycles. The maximum absolute atomic E-state index is 12.2. The van der Waals surface area contributed by atoms with Crippen LogP contribution in [0.15, 0.2) is 30.5 Å². The van der Waals surface area contributed by atoms with E-state index in [4.69, 9.17) is 5.73 Å². The minimum absolute atomic E-state index is 0. The number of nitrogens with two attached hydrogens (primary N) is 1. The number of nitrogens with one attached hydrogen (secondary N) is 1. The Balaban J connectivity index is 0.00000261. The summed E-state index contributed by atoms with van der Waals surface area (Å²) in [5.41, 5.74) is 7.75. The maximum Gasteiger partial charge on any atom is 0.271 e. The Morgan fingerprint density at radius 1 is 1.26 bits per heavy atom. The first kappa shape index (κ1) is 21.4. The minimum Gasteiger partial charge on any atom is -0.351 e. The van der Waals surface area contributed by atoms with Crippen LogP contribution >= 0.6 is 24.2 Å². The summed E-state index contributed by atoms with van der Waals surface area (Å²) in [6.45, 7) is 1.31. The summed E-state index contributed by atoms with van der Waals surface area (Å²) >= 11 is 1.75. The van der Waals surface area contributed by atoms with E-state index in [1.807, 2.05) is 29.2 Å². The molecule has 7 nitrogen and oxygen atoms in total. The van der Waals surface area contributed by atoms with Gasteiger partial charge in [-0.25, -0.2) is 4.98 Å². The van der Waals surface area contributed by atoms with Crippen molar-refractivity contribution in [1.29, 1.82) is 0 Å². The van der Waals surface area contributed by atoms with Gasteiger partial charge in [-0.3, -0.25) is 14.6 Å². The van der Waals surface area contributed by atoms with Crippen molar-refractivity contribution in [3.8, 4) is 0 Å². The first-order valence-corrected chi connectivity index (χ1v) is 9.93. The van der Waals surface area contributed by atoms with Gasteiger partial charge in [0.25, 0.3) is 5.91 Å². The molecule has 27 heavy (non-hydrogen) atoms. The highest BCUT2D eigenvalue weighted by Gasteiger charge is 2.23. The second kappa shape index (κ2) is 10.4. The molecule has 9 heteroatoms. The van der Waals surface area contributed by atoms with E-state index in [0.29, 0.717) is 24.2 Å². The van der Waals surface area contributed by atoms with Gasteiger partial charge in [-0.2, -0.15) is 0 Å². The van der Waals surface area contributed by atoms with Crippen molar-refractivity contribution in [2.45, 2.75) is 25.3 Å². The van der Waals surface area contributed by atoms with E-state index in [9.17, 15) is 9.59 Å². The van der Waals surface area contributed by atoms with Crippen molar-refractivity contribution < 1.29 is 9.59 Å². The summed E-state index contributed by atoms with van der Waals surface area (Å²) in [6.07, 6.45) is 3.67. The molecule has 0 radical (unpaired) electrons. The number of hydrogen-bond donors (Lipinski definition) is 2. The van der Waals surface area contributed by atoms with E-state index in [0.717, 1.165) is 36.5 Å². The average Bonchev–Trinajstić information content (AvgIpc) is 3.21. The first-order chi connectivity index (χ1) is 12.6. The Kier molecular flexibility index (Phi) is 8.27. The molecule has 1 aliphatic heterocycles. The Labute approximate surface area is 168 Å². The first-order valence-electron chi connectivity index (χ1n) is 8.77. The third kappa shape index (κ3) is 5.79. The fourth-order valence-electron chi connectivity index (χ4n) is 2.79. The van der Waals surface area contributed by atoms with Crippen LogP contribution in [0.1, 0.15) is 29.8 Å². The molecule has 1 aliphatic rings. The normalized spacial score (nSPS) is 14.6. The van der Waals surface area contributed by atoms with E-state index in [2.05, 4.69) is 15.3 Å². The summed E-state index contributed by atoms with van der Waals surface area (Å²) in [5.74, 6) is 1.53. The van der Waals surface area contributed by atoms with Gasteiger partial charge in [-0.15, -0.1) is 24.2 Å². The molecule has 1 saturated heterocycles. The molecule has 0 aliphatic carbocycles. The van der Waals surface area contributed by atoms with Crippen molar-refractivity contribution in [3.63, 3.8) is 0 Å². The van der Waals surface area contributed by atoms with Crippen molar-refractivity contribution in [1.82, 2.24) is 20.2 Å². The predicted octanol–water partition coefficient (Wildman–Crippen LogP) is 1.81. The lowest BCUT2D eigenvalue weighted by molar-refractivity contribution is -0.131. The number of benzene rings is 1. The number of hydrogen-bond acceptors (Lipinski definition) is 6. The van der Waals surface area contributed by atoms with Gasteiger partial charge in [-0.1, -0.05) is 12.1 Å². The minimum atomic E-state index is -0.448. The Morgan fingerprint density at radius 2 is 2.04 bits per heavy atom. The topological polar surface area (TPSA) is 101 Å². The van der Waals surface area contributed by atoms with E-state index in [1.165, 1.54) is 6.20 Å². The van der Waals surface area contributed by atoms with Gasteiger partial charge in [0, 0.05) is 18.8 Å². The zero-order valence-electron chi connectivity index (χ0n) is 15.0. The molecule has 1 aromatic carbocycles. The summed E-state index contributed by atoms with van der Waals surface area (Å²) < 4.78 is 0. The van der Waals surface area contributed by atoms with Crippen molar-refractivity contribution in [2.75, 3.05) is 24.7 Å². The largest absolute Gasteiger partial charge is 0.351 e. The quantitative estimate of drug-likeness (QED) is 0.676. The Bertz CT molecular complexity index is 785. The van der Waals surface area contributed by atoms with E-state index in [-0.39, 0.29) is 24.2 Å². The van der Waals surface area contributed by atoms with Gasteiger partial charge in [0.1, 0.15) is 5.69 Å². The lowest BCUT2D eigenvalue weighted by Crippen LogP contribution is -2.42. The van der Waals surface area contributed by atoms with Gasteiger partial charge >= 0.3 is 0 Å². The van der Waals surface area contributed by atoms with E-state index in [1.54, 1.807) is 11.8 Å². The van der Waals surface area contributed by atoms with Crippen molar-refractivity contribution in [3.05, 3.63) is 36.2 Å². The van der Waals surface area contributed by atoms with Crippen LogP contribution < -0.4 is 11.1 Å². The molecular weight excluding hydrogens is 386 g/mol. The highest BCUT2D eigenvalue weighted by molar-refractivity contribution is 7.99. The number of rotatable bonds is 7. The number of fused-ring (bicyclic) bond motifs is 1. The zero-order chi connectivity index (χ0) is 18.4. The average molecular weight is 410 g/mol. The van der Waals surface area contributed by atoms with Gasteiger partial charge in [0.05, 0.1) is 29.1 Å². The second-order valence-corrected chi connectivity index (χ2v) is 7.32. The molecule has 2 aromatic rings. The molecule has 1 fully saturated rings.